The van der Waals surface area contributed by atoms with Gasteiger partial charge in [-0.1, -0.05) is 73.8 Å². The van der Waals surface area contributed by atoms with Crippen LogP contribution in [-0.2, 0) is 27.3 Å². The van der Waals surface area contributed by atoms with Gasteiger partial charge in [0.15, 0.2) is 16.6 Å². The van der Waals surface area contributed by atoms with E-state index in [0.29, 0.717) is 26.1 Å². The van der Waals surface area contributed by atoms with E-state index in [4.69, 9.17) is 17.7 Å². The summed E-state index contributed by atoms with van der Waals surface area (Å²) >= 11 is 0. The van der Waals surface area contributed by atoms with Gasteiger partial charge in [0.25, 0.3) is 0 Å². The Balaban J connectivity index is 2.37. The highest BCUT2D eigenvalue weighted by atomic mass is 28.5. The lowest BCUT2D eigenvalue weighted by molar-refractivity contribution is -0.138. The molecule has 200 valence electrons. The maximum Gasteiger partial charge on any atom is 0.386 e. The Morgan fingerprint density at radius 3 is 1.35 bits per heavy atom. The molecular weight excluding hydrogens is 517 g/mol. The van der Waals surface area contributed by atoms with Crippen molar-refractivity contribution in [3.05, 3.63) is 86.0 Å². The maximum atomic E-state index is 11.5. The number of hydrogen-bond donors (Lipinski definition) is 0. The van der Waals surface area contributed by atoms with E-state index >= 15 is 0 Å². The van der Waals surface area contributed by atoms with Gasteiger partial charge in [-0.2, -0.15) is 0 Å². The number of ether oxygens (including phenoxy) is 2. The van der Waals surface area contributed by atoms with Crippen molar-refractivity contribution in [3.8, 4) is 0 Å². The minimum absolute atomic E-state index is 0.334. The second-order valence-electron chi connectivity index (χ2n) is 10.0. The summed E-state index contributed by atoms with van der Waals surface area (Å²) < 4.78 is 24.9. The molecular formula is C28H40O6Si3. The fourth-order valence-electron chi connectivity index (χ4n) is 4.08. The predicted octanol–water partition coefficient (Wildman–Crippen LogP) is 4.93. The first kappa shape index (κ1) is 30.7. The van der Waals surface area contributed by atoms with Crippen LogP contribution >= 0.6 is 0 Å². The number of hydrogen-bond acceptors (Lipinski definition) is 6. The summed E-state index contributed by atoms with van der Waals surface area (Å²) in [6, 6.07) is 22.2. The van der Waals surface area contributed by atoms with E-state index in [9.17, 15) is 9.59 Å². The van der Waals surface area contributed by atoms with Crippen LogP contribution in [0, 0.1) is 0 Å². The summed E-state index contributed by atoms with van der Waals surface area (Å²) in [7, 11) is -7.69. The van der Waals surface area contributed by atoms with Crippen LogP contribution in [0.15, 0.2) is 86.0 Å². The lowest BCUT2D eigenvalue weighted by Gasteiger charge is -2.43. The molecule has 0 saturated carbocycles. The fourth-order valence-corrected chi connectivity index (χ4v) is 17.1. The number of esters is 2. The predicted molar refractivity (Wildman–Crippen MR) is 156 cm³/mol. The lowest BCUT2D eigenvalue weighted by atomic mass is 10.4. The van der Waals surface area contributed by atoms with Crippen LogP contribution < -0.4 is 10.4 Å². The topological polar surface area (TPSA) is 71.1 Å². The van der Waals surface area contributed by atoms with Gasteiger partial charge in [-0.05, 0) is 61.5 Å². The van der Waals surface area contributed by atoms with Crippen LogP contribution in [0.4, 0.5) is 0 Å². The molecule has 0 amide bonds. The third-order valence-corrected chi connectivity index (χ3v) is 17.8. The molecule has 0 saturated heterocycles. The van der Waals surface area contributed by atoms with Crippen molar-refractivity contribution in [3.63, 3.8) is 0 Å². The van der Waals surface area contributed by atoms with Crippen molar-refractivity contribution < 1.29 is 27.3 Å². The van der Waals surface area contributed by atoms with Gasteiger partial charge in [-0.3, -0.25) is 0 Å². The Hall–Kier alpha value is -2.57. The van der Waals surface area contributed by atoms with E-state index in [0.717, 1.165) is 22.5 Å². The quantitative estimate of drug-likeness (QED) is 0.126. The SMILES string of the molecule is C=CC(=O)OCCC[Si](C)(C)O[Si](O[Si](C)(C)CCCOC(=O)C=C)(c1ccccc1)c1ccccc1. The van der Waals surface area contributed by atoms with Crippen molar-refractivity contribution in [1.82, 2.24) is 0 Å². The summed E-state index contributed by atoms with van der Waals surface area (Å²) in [6.45, 7) is 16.4. The molecule has 0 fully saturated rings. The molecule has 0 aliphatic heterocycles. The number of rotatable bonds is 16. The Labute approximate surface area is 224 Å². The molecule has 6 nitrogen and oxygen atoms in total. The van der Waals surface area contributed by atoms with Crippen LogP contribution in [0.25, 0.3) is 0 Å². The van der Waals surface area contributed by atoms with Crippen molar-refractivity contribution in [1.29, 1.82) is 0 Å². The van der Waals surface area contributed by atoms with Gasteiger partial charge in [0, 0.05) is 12.2 Å². The Morgan fingerprint density at radius 1 is 0.676 bits per heavy atom. The third kappa shape index (κ3) is 10.0. The van der Waals surface area contributed by atoms with E-state index in [2.05, 4.69) is 63.6 Å². The zero-order chi connectivity index (χ0) is 27.4. The molecule has 0 aliphatic rings. The van der Waals surface area contributed by atoms with E-state index in [1.807, 2.05) is 36.4 Å². The highest BCUT2D eigenvalue weighted by molar-refractivity contribution is 7.02. The lowest BCUT2D eigenvalue weighted by Crippen LogP contribution is -2.70. The second-order valence-corrected chi connectivity index (χ2v) is 22.1. The normalized spacial score (nSPS) is 12.0. The number of benzene rings is 2. The zero-order valence-electron chi connectivity index (χ0n) is 22.5. The van der Waals surface area contributed by atoms with Gasteiger partial charge in [-0.25, -0.2) is 9.59 Å². The smallest absolute Gasteiger partial charge is 0.386 e. The summed E-state index contributed by atoms with van der Waals surface area (Å²) in [5.41, 5.74) is 0. The van der Waals surface area contributed by atoms with Crippen molar-refractivity contribution in [2.24, 2.45) is 0 Å². The van der Waals surface area contributed by atoms with Crippen LogP contribution in [-0.4, -0.2) is 50.3 Å². The van der Waals surface area contributed by atoms with Gasteiger partial charge < -0.3 is 17.7 Å². The third-order valence-electron chi connectivity index (χ3n) is 5.82. The fraction of sp³-hybridized carbons (Fsp3) is 0.357. The second kappa shape index (κ2) is 14.4. The Kier molecular flexibility index (Phi) is 11.9. The van der Waals surface area contributed by atoms with Gasteiger partial charge in [0.05, 0.1) is 13.2 Å². The van der Waals surface area contributed by atoms with E-state index < -0.39 is 37.1 Å². The molecule has 0 atom stereocenters. The average Bonchev–Trinajstić information content (AvgIpc) is 2.89. The van der Waals surface area contributed by atoms with Gasteiger partial charge >= 0.3 is 20.5 Å². The molecule has 9 heteroatoms. The molecule has 0 aromatic heterocycles. The zero-order valence-corrected chi connectivity index (χ0v) is 25.5. The number of carbonyl (C=O) groups excluding carboxylic acids is 2. The minimum atomic E-state index is -3.12. The van der Waals surface area contributed by atoms with Crippen LogP contribution in [0.2, 0.25) is 38.3 Å². The molecule has 0 bridgehead atoms. The molecule has 0 unspecified atom stereocenters. The first-order valence-electron chi connectivity index (χ1n) is 12.6. The van der Waals surface area contributed by atoms with Crippen molar-refractivity contribution in [2.45, 2.75) is 51.1 Å². The standard InChI is InChI=1S/C28H40O6Si3/c1-7-27(29)31-21-15-23-35(3,4)33-37(25-17-11-9-12-18-25,26-19-13-10-14-20-26)34-36(5,6)24-16-22-32-28(30)8-2/h7-14,17-20H,1-2,15-16,21-24H2,3-6H3. The summed E-state index contributed by atoms with van der Waals surface area (Å²) in [5.74, 6) is -0.819. The first-order valence-corrected chi connectivity index (χ1v) is 20.7. The molecule has 0 heterocycles. The van der Waals surface area contributed by atoms with E-state index in [-0.39, 0.29) is 0 Å². The van der Waals surface area contributed by atoms with Crippen LogP contribution in [0.1, 0.15) is 12.8 Å². The summed E-state index contributed by atoms with van der Waals surface area (Å²) in [6.07, 6.45) is 3.78. The Bertz CT molecular complexity index is 941. The highest BCUT2D eigenvalue weighted by Crippen LogP contribution is 2.27. The molecule has 0 spiro atoms. The molecule has 2 aromatic rings. The number of carbonyl (C=O) groups is 2. The van der Waals surface area contributed by atoms with Gasteiger partial charge in [0.2, 0.25) is 0 Å². The van der Waals surface area contributed by atoms with Crippen LogP contribution in [0.5, 0.6) is 0 Å². The van der Waals surface area contributed by atoms with Gasteiger partial charge in [0.1, 0.15) is 0 Å². The Morgan fingerprint density at radius 2 is 1.03 bits per heavy atom. The monoisotopic (exact) mass is 556 g/mol. The van der Waals surface area contributed by atoms with Crippen molar-refractivity contribution >= 4 is 47.5 Å². The average molecular weight is 557 g/mol. The van der Waals surface area contributed by atoms with Gasteiger partial charge in [-0.15, -0.1) is 0 Å². The largest absolute Gasteiger partial charge is 0.463 e. The van der Waals surface area contributed by atoms with E-state index in [1.165, 1.54) is 12.2 Å². The first-order chi connectivity index (χ1) is 17.5. The highest BCUT2D eigenvalue weighted by Gasteiger charge is 2.50. The molecule has 0 N–H and O–H groups in total. The van der Waals surface area contributed by atoms with E-state index in [1.54, 1.807) is 0 Å². The molecule has 0 radical (unpaired) electrons. The maximum absolute atomic E-state index is 11.5. The molecule has 37 heavy (non-hydrogen) atoms. The molecule has 2 aromatic carbocycles. The molecule has 2 rings (SSSR count). The summed E-state index contributed by atoms with van der Waals surface area (Å²) in [4.78, 5) is 22.9. The summed E-state index contributed by atoms with van der Waals surface area (Å²) in [5, 5.41) is 2.14. The minimum Gasteiger partial charge on any atom is -0.463 e. The van der Waals surface area contributed by atoms with Crippen LogP contribution in [0.3, 0.4) is 0 Å². The molecule has 0 aliphatic carbocycles. The van der Waals surface area contributed by atoms with Crippen molar-refractivity contribution in [2.75, 3.05) is 13.2 Å².